The highest BCUT2D eigenvalue weighted by Gasteiger charge is 2.27. The first-order valence-corrected chi connectivity index (χ1v) is 9.79. The Hall–Kier alpha value is -3.20. The minimum Gasteiger partial charge on any atom is -0.383 e. The van der Waals surface area contributed by atoms with Gasteiger partial charge in [0.2, 0.25) is 0 Å². The van der Waals surface area contributed by atoms with Gasteiger partial charge in [0.1, 0.15) is 5.82 Å². The Morgan fingerprint density at radius 1 is 1.31 bits per heavy atom. The third kappa shape index (κ3) is 4.62. The van der Waals surface area contributed by atoms with Gasteiger partial charge < -0.3 is 9.64 Å². The van der Waals surface area contributed by atoms with E-state index in [1.165, 1.54) is 0 Å². The molecule has 0 spiro atoms. The van der Waals surface area contributed by atoms with Gasteiger partial charge in [-0.2, -0.15) is 10.2 Å². The number of urea groups is 1. The molecule has 4 rings (SSSR count). The maximum Gasteiger partial charge on any atom is 0.323 e. The second-order valence-corrected chi connectivity index (χ2v) is 7.08. The van der Waals surface area contributed by atoms with Crippen LogP contribution in [0.1, 0.15) is 24.6 Å². The van der Waals surface area contributed by atoms with Crippen molar-refractivity contribution in [1.29, 1.82) is 0 Å². The van der Waals surface area contributed by atoms with Crippen LogP contribution in [0, 0.1) is 0 Å². The van der Waals surface area contributed by atoms with Gasteiger partial charge in [-0.25, -0.2) is 9.78 Å². The molecule has 9 heteroatoms. The van der Waals surface area contributed by atoms with Crippen molar-refractivity contribution in [2.75, 3.05) is 32.1 Å². The summed E-state index contributed by atoms with van der Waals surface area (Å²) in [5, 5.41) is 14.6. The summed E-state index contributed by atoms with van der Waals surface area (Å²) in [6.45, 7) is 2.53. The number of benzene rings is 1. The van der Waals surface area contributed by atoms with E-state index >= 15 is 0 Å². The van der Waals surface area contributed by atoms with Gasteiger partial charge in [0.15, 0.2) is 11.6 Å². The van der Waals surface area contributed by atoms with Gasteiger partial charge in [-0.1, -0.05) is 30.3 Å². The van der Waals surface area contributed by atoms with E-state index in [1.54, 1.807) is 17.9 Å². The molecule has 3 heterocycles. The minimum atomic E-state index is -0.144. The molecule has 1 aliphatic heterocycles. The van der Waals surface area contributed by atoms with Crippen LogP contribution in [-0.2, 0) is 11.3 Å². The molecule has 0 aliphatic carbocycles. The lowest BCUT2D eigenvalue weighted by Crippen LogP contribution is -2.42. The number of hydrogen-bond donors (Lipinski definition) is 2. The monoisotopic (exact) mass is 395 g/mol. The summed E-state index contributed by atoms with van der Waals surface area (Å²) in [7, 11) is 1.65. The average molecular weight is 395 g/mol. The van der Waals surface area contributed by atoms with Crippen molar-refractivity contribution in [3.8, 4) is 11.4 Å². The standard InChI is InChI=1S/C20H25N7O2/c1-29-13-12-27-11-9-17(25-27)21-20(28)26-10-5-8-16(14-26)19-22-18(23-24-19)15-6-3-2-4-7-15/h2-4,6-7,9,11,16H,5,8,10,12-14H2,1H3,(H,21,25,28)(H,22,23,24). The molecule has 1 aliphatic rings. The number of amides is 2. The Kier molecular flexibility index (Phi) is 5.85. The molecule has 29 heavy (non-hydrogen) atoms. The first kappa shape index (κ1) is 19.1. The highest BCUT2D eigenvalue weighted by atomic mass is 16.5. The number of nitrogens with one attached hydrogen (secondary N) is 2. The number of H-pyrrole nitrogens is 1. The van der Waals surface area contributed by atoms with E-state index < -0.39 is 0 Å². The molecule has 2 N–H and O–H groups in total. The summed E-state index contributed by atoms with van der Waals surface area (Å²) >= 11 is 0. The molecule has 0 saturated carbocycles. The van der Waals surface area contributed by atoms with Crippen LogP contribution in [0.4, 0.5) is 10.6 Å². The number of piperidine rings is 1. The lowest BCUT2D eigenvalue weighted by Gasteiger charge is -2.31. The average Bonchev–Trinajstić information content (AvgIpc) is 3.43. The zero-order chi connectivity index (χ0) is 20.1. The first-order chi connectivity index (χ1) is 14.2. The molecule has 3 aromatic rings. The van der Waals surface area contributed by atoms with Crippen LogP contribution in [0.25, 0.3) is 11.4 Å². The quantitative estimate of drug-likeness (QED) is 0.668. The molecule has 2 aromatic heterocycles. The van der Waals surface area contributed by atoms with E-state index in [0.717, 1.165) is 24.2 Å². The molecule has 9 nitrogen and oxygen atoms in total. The molecule has 1 fully saturated rings. The third-order valence-electron chi connectivity index (χ3n) is 5.03. The number of hydrogen-bond acceptors (Lipinski definition) is 5. The summed E-state index contributed by atoms with van der Waals surface area (Å²) < 4.78 is 6.79. The van der Waals surface area contributed by atoms with E-state index in [1.807, 2.05) is 41.4 Å². The Morgan fingerprint density at radius 3 is 3.00 bits per heavy atom. The van der Waals surface area contributed by atoms with E-state index in [0.29, 0.717) is 37.9 Å². The zero-order valence-electron chi connectivity index (χ0n) is 16.4. The van der Waals surface area contributed by atoms with Crippen molar-refractivity contribution < 1.29 is 9.53 Å². The molecular formula is C20H25N7O2. The lowest BCUT2D eigenvalue weighted by atomic mass is 9.97. The van der Waals surface area contributed by atoms with Gasteiger partial charge >= 0.3 is 6.03 Å². The van der Waals surface area contributed by atoms with Gasteiger partial charge in [-0.3, -0.25) is 15.1 Å². The van der Waals surface area contributed by atoms with Crippen LogP contribution >= 0.6 is 0 Å². The predicted octanol–water partition coefficient (Wildman–Crippen LogP) is 2.73. The van der Waals surface area contributed by atoms with Crippen molar-refractivity contribution in [2.24, 2.45) is 0 Å². The van der Waals surface area contributed by atoms with Crippen LogP contribution < -0.4 is 5.32 Å². The topological polar surface area (TPSA) is 101 Å². The highest BCUT2D eigenvalue weighted by Crippen LogP contribution is 2.26. The predicted molar refractivity (Wildman–Crippen MR) is 108 cm³/mol. The third-order valence-corrected chi connectivity index (χ3v) is 5.03. The van der Waals surface area contributed by atoms with Crippen molar-refractivity contribution >= 4 is 11.8 Å². The first-order valence-electron chi connectivity index (χ1n) is 9.79. The number of methoxy groups -OCH3 is 1. The smallest absolute Gasteiger partial charge is 0.323 e. The van der Waals surface area contributed by atoms with E-state index in [4.69, 9.17) is 4.74 Å². The van der Waals surface area contributed by atoms with Gasteiger partial charge in [0, 0.05) is 43.9 Å². The summed E-state index contributed by atoms with van der Waals surface area (Å²) in [5.74, 6) is 2.19. The summed E-state index contributed by atoms with van der Waals surface area (Å²) in [5.41, 5.74) is 0.976. The van der Waals surface area contributed by atoms with E-state index in [-0.39, 0.29) is 11.9 Å². The van der Waals surface area contributed by atoms with Crippen molar-refractivity contribution in [2.45, 2.75) is 25.3 Å². The number of carbonyl (C=O) groups is 1. The Bertz CT molecular complexity index is 937. The van der Waals surface area contributed by atoms with E-state index in [2.05, 4.69) is 25.6 Å². The summed E-state index contributed by atoms with van der Waals surface area (Å²) in [6, 6.07) is 11.5. The number of likely N-dealkylation sites (tertiary alicyclic amines) is 1. The van der Waals surface area contributed by atoms with Crippen LogP contribution in [0.5, 0.6) is 0 Å². The zero-order valence-corrected chi connectivity index (χ0v) is 16.4. The molecule has 1 atom stereocenters. The van der Waals surface area contributed by atoms with Gasteiger partial charge in [0.05, 0.1) is 13.2 Å². The maximum atomic E-state index is 12.7. The summed E-state index contributed by atoms with van der Waals surface area (Å²) in [6.07, 6.45) is 3.72. The molecule has 152 valence electrons. The van der Waals surface area contributed by atoms with Crippen LogP contribution in [0.3, 0.4) is 0 Å². The molecular weight excluding hydrogens is 370 g/mol. The number of carbonyl (C=O) groups excluding carboxylic acids is 1. The largest absolute Gasteiger partial charge is 0.383 e. The van der Waals surface area contributed by atoms with Gasteiger partial charge in [0.25, 0.3) is 0 Å². The van der Waals surface area contributed by atoms with Gasteiger partial charge in [-0.15, -0.1) is 0 Å². The van der Waals surface area contributed by atoms with Gasteiger partial charge in [-0.05, 0) is 12.8 Å². The maximum absolute atomic E-state index is 12.7. The normalized spacial score (nSPS) is 16.7. The molecule has 1 aromatic carbocycles. The fourth-order valence-corrected chi connectivity index (χ4v) is 3.48. The second-order valence-electron chi connectivity index (χ2n) is 7.08. The van der Waals surface area contributed by atoms with Crippen molar-refractivity contribution in [3.05, 3.63) is 48.4 Å². The van der Waals surface area contributed by atoms with Crippen LogP contribution in [-0.4, -0.2) is 62.7 Å². The minimum absolute atomic E-state index is 0.138. The fraction of sp³-hybridized carbons (Fsp3) is 0.400. The van der Waals surface area contributed by atoms with E-state index in [9.17, 15) is 4.79 Å². The summed E-state index contributed by atoms with van der Waals surface area (Å²) in [4.78, 5) is 19.2. The number of ether oxygens (including phenoxy) is 1. The Morgan fingerprint density at radius 2 is 2.17 bits per heavy atom. The van der Waals surface area contributed by atoms with Crippen molar-refractivity contribution in [3.63, 3.8) is 0 Å². The van der Waals surface area contributed by atoms with Crippen LogP contribution in [0.15, 0.2) is 42.6 Å². The van der Waals surface area contributed by atoms with Crippen LogP contribution in [0.2, 0.25) is 0 Å². The molecule has 0 bridgehead atoms. The molecule has 1 unspecified atom stereocenters. The number of aromatic amines is 1. The molecule has 2 amide bonds. The number of rotatable bonds is 6. The molecule has 1 saturated heterocycles. The Labute approximate surface area is 169 Å². The lowest BCUT2D eigenvalue weighted by molar-refractivity contribution is 0.183. The fourth-order valence-electron chi connectivity index (χ4n) is 3.48. The molecule has 0 radical (unpaired) electrons. The second kappa shape index (κ2) is 8.87. The Balaban J connectivity index is 1.37. The SMILES string of the molecule is COCCn1ccc(NC(=O)N2CCCC(c3nc(-c4ccccc4)n[nH]3)C2)n1. The number of anilines is 1. The van der Waals surface area contributed by atoms with Crippen molar-refractivity contribution in [1.82, 2.24) is 29.9 Å². The number of nitrogens with zero attached hydrogens (tertiary/aromatic N) is 5. The highest BCUT2D eigenvalue weighted by molar-refractivity contribution is 5.88. The number of aromatic nitrogens is 5.